The molecule has 1 aromatic rings. The lowest BCUT2D eigenvalue weighted by atomic mass is 9.94. The van der Waals surface area contributed by atoms with Crippen molar-refractivity contribution in [1.82, 2.24) is 0 Å². The quantitative estimate of drug-likeness (QED) is 0.752. The third-order valence-corrected chi connectivity index (χ3v) is 4.00. The number of ether oxygens (including phenoxy) is 1. The number of rotatable bonds is 4. The molecule has 88 valence electrons. The maximum absolute atomic E-state index is 6.05. The lowest BCUT2D eigenvalue weighted by Gasteiger charge is -2.18. The highest BCUT2D eigenvalue weighted by Gasteiger charge is 2.21. The van der Waals surface area contributed by atoms with Crippen LogP contribution in [0, 0.1) is 0 Å². The molecule has 1 heterocycles. The maximum Gasteiger partial charge on any atom is 0.0582 e. The lowest BCUT2D eigenvalue weighted by Crippen LogP contribution is -2.12. The molecule has 2 unspecified atom stereocenters. The summed E-state index contributed by atoms with van der Waals surface area (Å²) in [7, 11) is 0. The Morgan fingerprint density at radius 1 is 1.38 bits per heavy atom. The van der Waals surface area contributed by atoms with Gasteiger partial charge in [0.2, 0.25) is 0 Å². The van der Waals surface area contributed by atoms with E-state index < -0.39 is 0 Å². The third-order valence-electron chi connectivity index (χ3n) is 3.10. The molecule has 1 fully saturated rings. The molecule has 16 heavy (non-hydrogen) atoms. The standard InChI is InChI=1S/C13H16BrClO/c14-12-5-3-10(4-6-12)11(9-15)8-13-2-1-7-16-13/h3-6,11,13H,1-2,7-9H2. The Morgan fingerprint density at radius 2 is 2.12 bits per heavy atom. The second-order valence-corrected chi connectivity index (χ2v) is 5.50. The van der Waals surface area contributed by atoms with Crippen LogP contribution in [0.25, 0.3) is 0 Å². The van der Waals surface area contributed by atoms with Gasteiger partial charge in [0.1, 0.15) is 0 Å². The molecule has 1 aliphatic rings. The Kier molecular flexibility index (Phi) is 4.68. The highest BCUT2D eigenvalue weighted by atomic mass is 79.9. The van der Waals surface area contributed by atoms with E-state index in [1.165, 1.54) is 18.4 Å². The van der Waals surface area contributed by atoms with E-state index in [9.17, 15) is 0 Å². The zero-order valence-corrected chi connectivity index (χ0v) is 11.5. The Balaban J connectivity index is 2.00. The van der Waals surface area contributed by atoms with E-state index in [2.05, 4.69) is 40.2 Å². The summed E-state index contributed by atoms with van der Waals surface area (Å²) in [4.78, 5) is 0. The molecule has 1 aliphatic heterocycles. The minimum absolute atomic E-state index is 0.410. The summed E-state index contributed by atoms with van der Waals surface area (Å²) in [5.74, 6) is 1.08. The van der Waals surface area contributed by atoms with Crippen molar-refractivity contribution in [2.75, 3.05) is 12.5 Å². The van der Waals surface area contributed by atoms with Crippen molar-refractivity contribution in [2.45, 2.75) is 31.3 Å². The summed E-state index contributed by atoms with van der Waals surface area (Å²) in [6.07, 6.45) is 3.84. The van der Waals surface area contributed by atoms with Gasteiger partial charge in [-0.3, -0.25) is 0 Å². The van der Waals surface area contributed by atoms with Gasteiger partial charge in [-0.15, -0.1) is 11.6 Å². The van der Waals surface area contributed by atoms with E-state index in [1.807, 2.05) is 0 Å². The van der Waals surface area contributed by atoms with E-state index in [0.29, 0.717) is 17.9 Å². The average Bonchev–Trinajstić information content (AvgIpc) is 2.80. The molecule has 0 bridgehead atoms. The molecule has 0 radical (unpaired) electrons. The number of alkyl halides is 1. The fourth-order valence-electron chi connectivity index (χ4n) is 2.17. The van der Waals surface area contributed by atoms with Crippen LogP contribution in [-0.2, 0) is 4.74 Å². The summed E-state index contributed by atoms with van der Waals surface area (Å²) in [6.45, 7) is 0.917. The van der Waals surface area contributed by atoms with Gasteiger partial charge in [-0.1, -0.05) is 28.1 Å². The first-order valence-corrected chi connectivity index (χ1v) is 7.05. The second kappa shape index (κ2) is 6.04. The SMILES string of the molecule is ClCC(CC1CCCO1)c1ccc(Br)cc1. The van der Waals surface area contributed by atoms with Gasteiger partial charge in [-0.05, 0) is 42.9 Å². The van der Waals surface area contributed by atoms with Crippen LogP contribution >= 0.6 is 27.5 Å². The fraction of sp³-hybridized carbons (Fsp3) is 0.538. The normalized spacial score (nSPS) is 22.2. The number of hydrogen-bond acceptors (Lipinski definition) is 1. The largest absolute Gasteiger partial charge is 0.378 e. The van der Waals surface area contributed by atoms with Crippen molar-refractivity contribution in [3.05, 3.63) is 34.3 Å². The van der Waals surface area contributed by atoms with Crippen molar-refractivity contribution >= 4 is 27.5 Å². The van der Waals surface area contributed by atoms with Gasteiger partial charge in [0.05, 0.1) is 6.10 Å². The number of hydrogen-bond donors (Lipinski definition) is 0. The van der Waals surface area contributed by atoms with Crippen molar-refractivity contribution in [3.63, 3.8) is 0 Å². The van der Waals surface area contributed by atoms with Gasteiger partial charge in [-0.2, -0.15) is 0 Å². The van der Waals surface area contributed by atoms with Crippen LogP contribution in [0.2, 0.25) is 0 Å². The van der Waals surface area contributed by atoms with Gasteiger partial charge in [0, 0.05) is 17.0 Å². The molecule has 2 atom stereocenters. The summed E-state index contributed by atoms with van der Waals surface area (Å²) >= 11 is 9.50. The number of halogens is 2. The molecule has 0 saturated carbocycles. The molecule has 1 saturated heterocycles. The van der Waals surface area contributed by atoms with Crippen LogP contribution in [0.5, 0.6) is 0 Å². The fourth-order valence-corrected chi connectivity index (χ4v) is 2.74. The van der Waals surface area contributed by atoms with E-state index in [1.54, 1.807) is 0 Å². The molecular formula is C13H16BrClO. The molecule has 0 amide bonds. The molecule has 3 heteroatoms. The van der Waals surface area contributed by atoms with E-state index in [0.717, 1.165) is 17.5 Å². The van der Waals surface area contributed by atoms with Gasteiger partial charge in [0.15, 0.2) is 0 Å². The number of benzene rings is 1. The van der Waals surface area contributed by atoms with Gasteiger partial charge in [0.25, 0.3) is 0 Å². The average molecular weight is 304 g/mol. The van der Waals surface area contributed by atoms with Crippen LogP contribution in [0.3, 0.4) is 0 Å². The topological polar surface area (TPSA) is 9.23 Å². The molecule has 1 aromatic carbocycles. The van der Waals surface area contributed by atoms with Crippen molar-refractivity contribution in [3.8, 4) is 0 Å². The Hall–Kier alpha value is -0.0500. The minimum Gasteiger partial charge on any atom is -0.378 e. The molecule has 0 spiro atoms. The Bertz CT molecular complexity index is 319. The maximum atomic E-state index is 6.05. The van der Waals surface area contributed by atoms with Crippen LogP contribution in [-0.4, -0.2) is 18.6 Å². The zero-order valence-electron chi connectivity index (χ0n) is 9.16. The molecule has 0 aliphatic carbocycles. The molecule has 2 rings (SSSR count). The van der Waals surface area contributed by atoms with Gasteiger partial charge < -0.3 is 4.74 Å². The summed E-state index contributed by atoms with van der Waals surface area (Å²) in [5.41, 5.74) is 1.31. The minimum atomic E-state index is 0.410. The van der Waals surface area contributed by atoms with Crippen LogP contribution in [0.15, 0.2) is 28.7 Å². The molecular weight excluding hydrogens is 287 g/mol. The van der Waals surface area contributed by atoms with E-state index in [-0.39, 0.29) is 0 Å². The van der Waals surface area contributed by atoms with Crippen molar-refractivity contribution in [2.24, 2.45) is 0 Å². The highest BCUT2D eigenvalue weighted by molar-refractivity contribution is 9.10. The Morgan fingerprint density at radius 3 is 2.69 bits per heavy atom. The highest BCUT2D eigenvalue weighted by Crippen LogP contribution is 2.28. The van der Waals surface area contributed by atoms with Gasteiger partial charge in [-0.25, -0.2) is 0 Å². The van der Waals surface area contributed by atoms with Crippen molar-refractivity contribution < 1.29 is 4.74 Å². The zero-order chi connectivity index (χ0) is 11.4. The lowest BCUT2D eigenvalue weighted by molar-refractivity contribution is 0.0995. The first-order valence-electron chi connectivity index (χ1n) is 5.72. The van der Waals surface area contributed by atoms with Crippen LogP contribution in [0.1, 0.15) is 30.7 Å². The molecule has 0 N–H and O–H groups in total. The van der Waals surface area contributed by atoms with Crippen LogP contribution < -0.4 is 0 Å². The van der Waals surface area contributed by atoms with E-state index in [4.69, 9.17) is 16.3 Å². The second-order valence-electron chi connectivity index (χ2n) is 4.27. The summed E-state index contributed by atoms with van der Waals surface area (Å²) < 4.78 is 6.78. The predicted octanol–water partition coefficient (Wildman–Crippen LogP) is 4.34. The summed E-state index contributed by atoms with van der Waals surface area (Å²) in [5, 5.41) is 0. The third kappa shape index (κ3) is 3.22. The smallest absolute Gasteiger partial charge is 0.0582 e. The van der Waals surface area contributed by atoms with Gasteiger partial charge >= 0.3 is 0 Å². The first-order chi connectivity index (χ1) is 7.79. The molecule has 0 aromatic heterocycles. The summed E-state index contributed by atoms with van der Waals surface area (Å²) in [6, 6.07) is 8.44. The first kappa shape index (κ1) is 12.4. The van der Waals surface area contributed by atoms with Crippen LogP contribution in [0.4, 0.5) is 0 Å². The monoisotopic (exact) mass is 302 g/mol. The predicted molar refractivity (Wildman–Crippen MR) is 71.2 cm³/mol. The Labute approximate surface area is 110 Å². The van der Waals surface area contributed by atoms with E-state index >= 15 is 0 Å². The van der Waals surface area contributed by atoms with Crippen molar-refractivity contribution in [1.29, 1.82) is 0 Å². The molecule has 1 nitrogen and oxygen atoms in total.